The van der Waals surface area contributed by atoms with Crippen LogP contribution in [0.25, 0.3) is 10.7 Å². The highest BCUT2D eigenvalue weighted by atomic mass is 32.1. The number of halogens is 2. The molecular weight excluding hydrogens is 294 g/mol. The topological polar surface area (TPSA) is 38.0 Å². The lowest BCUT2D eigenvalue weighted by Crippen LogP contribution is -2.10. The lowest BCUT2D eigenvalue weighted by molar-refractivity contribution is 0.152. The number of imidazole rings is 1. The molecule has 3 aromatic rings. The fraction of sp³-hybridized carbons (Fsp3) is 0.133. The Hall–Kier alpha value is -2.05. The predicted molar refractivity (Wildman–Crippen MR) is 76.9 cm³/mol. The second-order valence-electron chi connectivity index (χ2n) is 4.56. The van der Waals surface area contributed by atoms with E-state index in [1.165, 1.54) is 17.4 Å². The zero-order valence-corrected chi connectivity index (χ0v) is 11.7. The van der Waals surface area contributed by atoms with Gasteiger partial charge in [0.25, 0.3) is 0 Å². The van der Waals surface area contributed by atoms with Gasteiger partial charge in [-0.3, -0.25) is 0 Å². The molecule has 6 heteroatoms. The molecule has 0 aliphatic rings. The van der Waals surface area contributed by atoms with Crippen LogP contribution in [0.1, 0.15) is 11.7 Å². The van der Waals surface area contributed by atoms with E-state index in [1.54, 1.807) is 17.0 Å². The van der Waals surface area contributed by atoms with E-state index in [1.807, 2.05) is 17.5 Å². The highest BCUT2D eigenvalue weighted by Gasteiger charge is 2.16. The largest absolute Gasteiger partial charge is 0.386 e. The molecule has 3 nitrogen and oxygen atoms in total. The van der Waals surface area contributed by atoms with Crippen LogP contribution in [0.4, 0.5) is 8.78 Å². The summed E-state index contributed by atoms with van der Waals surface area (Å²) in [6.45, 7) is 0.149. The molecule has 0 saturated heterocycles. The number of hydrogen-bond donors (Lipinski definition) is 1. The molecule has 0 fully saturated rings. The first kappa shape index (κ1) is 13.9. The number of benzene rings is 1. The first-order valence-electron chi connectivity index (χ1n) is 6.33. The molecule has 0 aliphatic carbocycles. The van der Waals surface area contributed by atoms with E-state index in [-0.39, 0.29) is 12.1 Å². The number of aliphatic hydroxyl groups excluding tert-OH is 1. The molecule has 1 aromatic carbocycles. The molecule has 1 N–H and O–H groups in total. The summed E-state index contributed by atoms with van der Waals surface area (Å²) in [5.74, 6) is -0.697. The zero-order chi connectivity index (χ0) is 14.8. The second-order valence-corrected chi connectivity index (χ2v) is 5.51. The van der Waals surface area contributed by atoms with Crippen LogP contribution >= 0.6 is 11.3 Å². The molecule has 1 atom stereocenters. The van der Waals surface area contributed by atoms with Crippen molar-refractivity contribution < 1.29 is 13.9 Å². The third kappa shape index (κ3) is 2.86. The Bertz CT molecular complexity index is 740. The Morgan fingerprint density at radius 2 is 2.14 bits per heavy atom. The lowest BCUT2D eigenvalue weighted by atomic mass is 10.1. The Kier molecular flexibility index (Phi) is 3.81. The Morgan fingerprint density at radius 1 is 1.29 bits per heavy atom. The van der Waals surface area contributed by atoms with Crippen LogP contribution in [0.3, 0.4) is 0 Å². The van der Waals surface area contributed by atoms with Crippen LogP contribution in [0.5, 0.6) is 0 Å². The van der Waals surface area contributed by atoms with Gasteiger partial charge in [0, 0.05) is 24.0 Å². The van der Waals surface area contributed by atoms with Crippen molar-refractivity contribution in [2.45, 2.75) is 12.6 Å². The van der Waals surface area contributed by atoms with Crippen molar-refractivity contribution >= 4 is 11.3 Å². The molecule has 0 aliphatic heterocycles. The van der Waals surface area contributed by atoms with Crippen LogP contribution < -0.4 is 0 Å². The fourth-order valence-corrected chi connectivity index (χ4v) is 2.88. The quantitative estimate of drug-likeness (QED) is 0.799. The SMILES string of the molecule is OC(Cn1ccnc1-c1cccs1)c1ccc(F)cc1F. The average molecular weight is 306 g/mol. The van der Waals surface area contributed by atoms with Crippen molar-refractivity contribution in [3.05, 3.63) is 65.3 Å². The highest BCUT2D eigenvalue weighted by Crippen LogP contribution is 2.26. The molecule has 0 amide bonds. The van der Waals surface area contributed by atoms with E-state index >= 15 is 0 Å². The number of aliphatic hydroxyl groups is 1. The van der Waals surface area contributed by atoms with Crippen LogP contribution in [0.15, 0.2) is 48.1 Å². The van der Waals surface area contributed by atoms with E-state index < -0.39 is 17.7 Å². The van der Waals surface area contributed by atoms with Gasteiger partial charge in [-0.25, -0.2) is 13.8 Å². The van der Waals surface area contributed by atoms with Gasteiger partial charge in [-0.05, 0) is 17.5 Å². The van der Waals surface area contributed by atoms with Gasteiger partial charge in [0.15, 0.2) is 0 Å². The van der Waals surface area contributed by atoms with Gasteiger partial charge in [0.05, 0.1) is 17.5 Å². The van der Waals surface area contributed by atoms with Crippen LogP contribution in [-0.4, -0.2) is 14.7 Å². The van der Waals surface area contributed by atoms with Crippen molar-refractivity contribution in [2.24, 2.45) is 0 Å². The van der Waals surface area contributed by atoms with E-state index in [4.69, 9.17) is 0 Å². The number of thiophene rings is 1. The maximum absolute atomic E-state index is 13.7. The molecule has 1 unspecified atom stereocenters. The maximum atomic E-state index is 13.7. The molecule has 0 radical (unpaired) electrons. The standard InChI is InChI=1S/C15H12F2N2OS/c16-10-3-4-11(12(17)8-10)13(20)9-19-6-5-18-15(19)14-2-1-7-21-14/h1-8,13,20H,9H2. The second kappa shape index (κ2) is 5.75. The van der Waals surface area contributed by atoms with Gasteiger partial charge in [-0.2, -0.15) is 0 Å². The normalized spacial score (nSPS) is 12.5. The molecule has 3 rings (SSSR count). The molecule has 0 spiro atoms. The number of hydrogen-bond acceptors (Lipinski definition) is 3. The predicted octanol–water partition coefficient (Wildman–Crippen LogP) is 3.62. The Balaban J connectivity index is 1.85. The van der Waals surface area contributed by atoms with E-state index in [0.717, 1.165) is 17.0 Å². The smallest absolute Gasteiger partial charge is 0.150 e. The number of rotatable bonds is 4. The van der Waals surface area contributed by atoms with Gasteiger partial charge < -0.3 is 9.67 Å². The van der Waals surface area contributed by atoms with Crippen molar-refractivity contribution in [2.75, 3.05) is 0 Å². The summed E-state index contributed by atoms with van der Waals surface area (Å²) in [7, 11) is 0. The van der Waals surface area contributed by atoms with Gasteiger partial charge in [-0.15, -0.1) is 11.3 Å². The zero-order valence-electron chi connectivity index (χ0n) is 10.9. The van der Waals surface area contributed by atoms with Crippen LogP contribution in [0, 0.1) is 11.6 Å². The van der Waals surface area contributed by atoms with Gasteiger partial charge in [0.1, 0.15) is 17.5 Å². The minimum absolute atomic E-state index is 0.0715. The Morgan fingerprint density at radius 3 is 2.86 bits per heavy atom. The average Bonchev–Trinajstić information content (AvgIpc) is 3.08. The molecule has 2 aromatic heterocycles. The third-order valence-corrected chi connectivity index (χ3v) is 4.01. The molecule has 108 valence electrons. The minimum atomic E-state index is -1.07. The van der Waals surface area contributed by atoms with Crippen molar-refractivity contribution in [3.8, 4) is 10.7 Å². The van der Waals surface area contributed by atoms with Gasteiger partial charge >= 0.3 is 0 Å². The first-order chi connectivity index (χ1) is 10.1. The summed E-state index contributed by atoms with van der Waals surface area (Å²) < 4.78 is 28.3. The lowest BCUT2D eigenvalue weighted by Gasteiger charge is -2.14. The monoisotopic (exact) mass is 306 g/mol. The van der Waals surface area contributed by atoms with E-state index in [9.17, 15) is 13.9 Å². The van der Waals surface area contributed by atoms with Crippen LogP contribution in [-0.2, 0) is 6.54 Å². The molecule has 2 heterocycles. The molecular formula is C15H12F2N2OS. The van der Waals surface area contributed by atoms with Gasteiger partial charge in [0.2, 0.25) is 0 Å². The summed E-state index contributed by atoms with van der Waals surface area (Å²) in [6.07, 6.45) is 2.28. The van der Waals surface area contributed by atoms with E-state index in [2.05, 4.69) is 4.98 Å². The molecule has 0 bridgehead atoms. The first-order valence-corrected chi connectivity index (χ1v) is 7.21. The number of aromatic nitrogens is 2. The highest BCUT2D eigenvalue weighted by molar-refractivity contribution is 7.13. The maximum Gasteiger partial charge on any atom is 0.150 e. The van der Waals surface area contributed by atoms with Crippen molar-refractivity contribution in [3.63, 3.8) is 0 Å². The number of nitrogens with zero attached hydrogens (tertiary/aromatic N) is 2. The van der Waals surface area contributed by atoms with Gasteiger partial charge in [-0.1, -0.05) is 12.1 Å². The summed E-state index contributed by atoms with van der Waals surface area (Å²) in [6, 6.07) is 7.00. The minimum Gasteiger partial charge on any atom is -0.386 e. The summed E-state index contributed by atoms with van der Waals surface area (Å²) in [5, 5.41) is 12.1. The summed E-state index contributed by atoms with van der Waals surface area (Å²) in [5.41, 5.74) is 0.0715. The van der Waals surface area contributed by atoms with Crippen LogP contribution in [0.2, 0.25) is 0 Å². The summed E-state index contributed by atoms with van der Waals surface area (Å²) in [4.78, 5) is 5.22. The molecule has 0 saturated carbocycles. The fourth-order valence-electron chi connectivity index (χ4n) is 2.14. The van der Waals surface area contributed by atoms with Crippen molar-refractivity contribution in [1.82, 2.24) is 9.55 Å². The summed E-state index contributed by atoms with van der Waals surface area (Å²) >= 11 is 1.53. The molecule has 21 heavy (non-hydrogen) atoms. The van der Waals surface area contributed by atoms with Crippen molar-refractivity contribution in [1.29, 1.82) is 0 Å². The Labute approximate surface area is 124 Å². The third-order valence-electron chi connectivity index (χ3n) is 3.15. The van der Waals surface area contributed by atoms with E-state index in [0.29, 0.717) is 5.82 Å².